The molecular formula is C35H40N2O5S. The first-order valence-corrected chi connectivity index (χ1v) is 15.8. The molecular weight excluding hydrogens is 560 g/mol. The smallest absolute Gasteiger partial charge is 0.331 e. The fourth-order valence-corrected chi connectivity index (χ4v) is 6.60. The number of carboxylic acid groups (broad SMARTS) is 1. The topological polar surface area (TPSA) is 107 Å². The molecule has 7 nitrogen and oxygen atoms in total. The summed E-state index contributed by atoms with van der Waals surface area (Å²) in [6.07, 6.45) is 1.78. The number of benzene rings is 4. The molecule has 8 heteroatoms. The van der Waals surface area contributed by atoms with Crippen molar-refractivity contribution in [3.8, 4) is 11.1 Å². The zero-order chi connectivity index (χ0) is 31.2. The molecule has 1 atom stereocenters. The summed E-state index contributed by atoms with van der Waals surface area (Å²) in [4.78, 5) is 11.6. The Bertz CT molecular complexity index is 1730. The van der Waals surface area contributed by atoms with Crippen LogP contribution in [0.1, 0.15) is 38.3 Å². The van der Waals surface area contributed by atoms with Crippen molar-refractivity contribution in [1.29, 1.82) is 0 Å². The maximum atomic E-state index is 13.7. The average Bonchev–Trinajstić information content (AvgIpc) is 2.98. The Labute approximate surface area is 254 Å². The van der Waals surface area contributed by atoms with Gasteiger partial charge in [0.15, 0.2) is 0 Å². The van der Waals surface area contributed by atoms with Crippen LogP contribution in [0.2, 0.25) is 0 Å². The van der Waals surface area contributed by atoms with E-state index in [0.29, 0.717) is 23.1 Å². The highest BCUT2D eigenvalue weighted by atomic mass is 32.2. The van der Waals surface area contributed by atoms with Crippen LogP contribution < -0.4 is 5.32 Å². The van der Waals surface area contributed by atoms with Crippen LogP contribution in [0.15, 0.2) is 101 Å². The third-order valence-electron chi connectivity index (χ3n) is 7.51. The molecule has 0 aliphatic carbocycles. The third-order valence-corrected chi connectivity index (χ3v) is 9.39. The molecule has 4 aromatic carbocycles. The van der Waals surface area contributed by atoms with Gasteiger partial charge in [-0.05, 0) is 72.4 Å². The van der Waals surface area contributed by atoms with Crippen LogP contribution in [-0.2, 0) is 21.2 Å². The molecule has 0 aromatic heterocycles. The minimum Gasteiger partial charge on any atom is -0.478 e. The predicted molar refractivity (Wildman–Crippen MR) is 173 cm³/mol. The van der Waals surface area contributed by atoms with Crippen LogP contribution in [0.3, 0.4) is 0 Å². The van der Waals surface area contributed by atoms with Crippen LogP contribution in [0.4, 0.5) is 0 Å². The number of nitrogens with one attached hydrogen (secondary N) is 1. The molecule has 0 spiro atoms. The summed E-state index contributed by atoms with van der Waals surface area (Å²) < 4.78 is 28.6. The van der Waals surface area contributed by atoms with E-state index in [2.05, 4.69) is 49.5 Å². The van der Waals surface area contributed by atoms with Gasteiger partial charge < -0.3 is 15.5 Å². The lowest BCUT2D eigenvalue weighted by Gasteiger charge is -2.29. The van der Waals surface area contributed by atoms with Crippen molar-refractivity contribution in [2.75, 3.05) is 20.1 Å². The number of aliphatic hydroxyl groups is 1. The Morgan fingerprint density at radius 1 is 0.953 bits per heavy atom. The summed E-state index contributed by atoms with van der Waals surface area (Å²) in [5.41, 5.74) is 2.94. The number of likely N-dealkylation sites (N-methyl/N-ethyl adjacent to an activating group) is 1. The number of nitrogens with zero attached hydrogens (tertiary/aromatic N) is 1. The molecule has 0 fully saturated rings. The molecule has 0 heterocycles. The van der Waals surface area contributed by atoms with Crippen molar-refractivity contribution in [3.05, 3.63) is 108 Å². The van der Waals surface area contributed by atoms with Gasteiger partial charge in [0.05, 0.1) is 11.0 Å². The van der Waals surface area contributed by atoms with Crippen molar-refractivity contribution < 1.29 is 23.4 Å². The van der Waals surface area contributed by atoms with Crippen LogP contribution >= 0.6 is 0 Å². The first kappa shape index (κ1) is 32.1. The fourth-order valence-electron chi connectivity index (χ4n) is 5.19. The normalized spacial score (nSPS) is 13.4. The zero-order valence-corrected chi connectivity index (χ0v) is 25.9. The minimum atomic E-state index is -3.95. The Morgan fingerprint density at radius 2 is 1.65 bits per heavy atom. The first-order valence-electron chi connectivity index (χ1n) is 14.4. The van der Waals surface area contributed by atoms with E-state index in [1.54, 1.807) is 61.5 Å². The highest BCUT2D eigenvalue weighted by molar-refractivity contribution is 7.89. The minimum absolute atomic E-state index is 0.0863. The quantitative estimate of drug-likeness (QED) is 0.163. The number of carboxylic acids is 1. The summed E-state index contributed by atoms with van der Waals surface area (Å²) in [5, 5.41) is 26.0. The van der Waals surface area contributed by atoms with Crippen molar-refractivity contribution in [3.63, 3.8) is 0 Å². The van der Waals surface area contributed by atoms with Crippen molar-refractivity contribution >= 4 is 32.8 Å². The van der Waals surface area contributed by atoms with Crippen molar-refractivity contribution in [2.45, 2.75) is 50.2 Å². The van der Waals surface area contributed by atoms with E-state index in [1.165, 1.54) is 27.7 Å². The summed E-state index contributed by atoms with van der Waals surface area (Å²) in [6.45, 7) is 6.04. The number of aliphatic hydroxyl groups excluding tert-OH is 1. The Morgan fingerprint density at radius 3 is 2.37 bits per heavy atom. The van der Waals surface area contributed by atoms with Gasteiger partial charge in [0, 0.05) is 36.8 Å². The van der Waals surface area contributed by atoms with Gasteiger partial charge in [-0.3, -0.25) is 0 Å². The van der Waals surface area contributed by atoms with E-state index in [0.717, 1.165) is 6.42 Å². The number of carbonyl (C=O) groups is 1. The summed E-state index contributed by atoms with van der Waals surface area (Å²) in [6, 6.07) is 28.5. The molecule has 4 rings (SSSR count). The predicted octanol–water partition coefficient (Wildman–Crippen LogP) is 5.98. The number of fused-ring (bicyclic) bond motifs is 1. The van der Waals surface area contributed by atoms with Gasteiger partial charge in [-0.15, -0.1) is 0 Å². The van der Waals surface area contributed by atoms with Gasteiger partial charge in [-0.2, -0.15) is 4.31 Å². The Kier molecular flexibility index (Phi) is 10.2. The molecule has 43 heavy (non-hydrogen) atoms. The van der Waals surface area contributed by atoms with E-state index in [1.807, 2.05) is 12.1 Å². The summed E-state index contributed by atoms with van der Waals surface area (Å²) in [5.74, 6) is -0.984. The lowest BCUT2D eigenvalue weighted by Crippen LogP contribution is -2.47. The number of hydrogen-bond acceptors (Lipinski definition) is 5. The maximum absolute atomic E-state index is 13.7. The largest absolute Gasteiger partial charge is 0.478 e. The van der Waals surface area contributed by atoms with E-state index >= 15 is 0 Å². The second kappa shape index (κ2) is 13.7. The van der Waals surface area contributed by atoms with Gasteiger partial charge in [-0.1, -0.05) is 85.8 Å². The third kappa shape index (κ3) is 8.18. The summed E-state index contributed by atoms with van der Waals surface area (Å²) in [7, 11) is -2.49. The van der Waals surface area contributed by atoms with Gasteiger partial charge in [0.1, 0.15) is 0 Å². The van der Waals surface area contributed by atoms with Crippen molar-refractivity contribution in [1.82, 2.24) is 9.62 Å². The monoisotopic (exact) mass is 600 g/mol. The maximum Gasteiger partial charge on any atom is 0.331 e. The number of hydrogen-bond donors (Lipinski definition) is 3. The second-order valence-electron chi connectivity index (χ2n) is 11.5. The molecule has 0 unspecified atom stereocenters. The molecule has 0 radical (unpaired) electrons. The average molecular weight is 601 g/mol. The first-order chi connectivity index (χ1) is 20.4. The van der Waals surface area contributed by atoms with E-state index in [-0.39, 0.29) is 29.1 Å². The van der Waals surface area contributed by atoms with Crippen LogP contribution in [0, 0.1) is 0 Å². The Hall–Kier alpha value is -3.82. The van der Waals surface area contributed by atoms with Gasteiger partial charge in [-0.25, -0.2) is 13.2 Å². The molecule has 0 aliphatic rings. The van der Waals surface area contributed by atoms with Gasteiger partial charge in [0.2, 0.25) is 10.0 Å². The molecule has 0 amide bonds. The SMILES string of the molecule is CCC(=Cc1cccc(-c2ccccc2S(=O)(=O)N(C)C[C@H](O)CNC(C)(C)Cc2ccc3ccccc3c2)c1)C(=O)O. The Balaban J connectivity index is 1.45. The highest BCUT2D eigenvalue weighted by Crippen LogP contribution is 2.30. The molecule has 0 saturated carbocycles. The number of rotatable bonds is 13. The zero-order valence-electron chi connectivity index (χ0n) is 25.1. The fraction of sp³-hybridized carbons (Fsp3) is 0.286. The van der Waals surface area contributed by atoms with E-state index in [4.69, 9.17) is 0 Å². The van der Waals surface area contributed by atoms with E-state index in [9.17, 15) is 23.4 Å². The molecule has 3 N–H and O–H groups in total. The lowest BCUT2D eigenvalue weighted by atomic mass is 9.93. The molecule has 226 valence electrons. The number of β-amino-alcohol motifs (C(OH)–C–C–N with tert-alkyl or cyclic N) is 1. The van der Waals surface area contributed by atoms with Crippen LogP contribution in [0.5, 0.6) is 0 Å². The molecule has 4 aromatic rings. The van der Waals surface area contributed by atoms with Gasteiger partial charge in [0.25, 0.3) is 0 Å². The van der Waals surface area contributed by atoms with E-state index < -0.39 is 22.1 Å². The molecule has 0 bridgehead atoms. The van der Waals surface area contributed by atoms with Crippen LogP contribution in [0.25, 0.3) is 28.0 Å². The molecule has 0 aliphatic heterocycles. The standard InChI is InChI=1S/C35H40N2O5S/c1-5-27(34(39)40)19-25-11-10-14-30(20-25)32-15-8-9-16-33(32)43(41,42)37(4)24-31(38)23-36-35(2,3)22-26-17-18-28-12-6-7-13-29(28)21-26/h6-21,31,36,38H,5,22-24H2,1-4H3,(H,39,40)/t31-/m1/s1. The number of sulfonamides is 1. The second-order valence-corrected chi connectivity index (χ2v) is 13.5. The van der Waals surface area contributed by atoms with Crippen LogP contribution in [-0.4, -0.2) is 60.7 Å². The van der Waals surface area contributed by atoms with Gasteiger partial charge >= 0.3 is 5.97 Å². The number of aliphatic carboxylic acids is 1. The lowest BCUT2D eigenvalue weighted by molar-refractivity contribution is -0.132. The summed E-state index contributed by atoms with van der Waals surface area (Å²) >= 11 is 0. The highest BCUT2D eigenvalue weighted by Gasteiger charge is 2.27. The van der Waals surface area contributed by atoms with Crippen molar-refractivity contribution in [2.24, 2.45) is 0 Å². The molecule has 0 saturated heterocycles.